The van der Waals surface area contributed by atoms with Crippen molar-refractivity contribution in [3.8, 4) is 0 Å². The van der Waals surface area contributed by atoms with Crippen molar-refractivity contribution in [1.29, 1.82) is 0 Å². The van der Waals surface area contributed by atoms with E-state index in [1.54, 1.807) is 6.07 Å². The van der Waals surface area contributed by atoms with Crippen LogP contribution in [0.15, 0.2) is 22.9 Å². The fourth-order valence-electron chi connectivity index (χ4n) is 2.36. The molecule has 0 aromatic carbocycles. The van der Waals surface area contributed by atoms with Gasteiger partial charge in [0.25, 0.3) is 5.91 Å². The van der Waals surface area contributed by atoms with Gasteiger partial charge in [-0.25, -0.2) is 14.4 Å². The molecule has 0 fully saturated rings. The highest BCUT2D eigenvalue weighted by Crippen LogP contribution is 2.10. The molecule has 31 heavy (non-hydrogen) atoms. The quantitative estimate of drug-likeness (QED) is 0.246. The van der Waals surface area contributed by atoms with E-state index in [2.05, 4.69) is 26.2 Å². The number of pyridine rings is 1. The van der Waals surface area contributed by atoms with Crippen molar-refractivity contribution in [2.75, 3.05) is 6.54 Å². The lowest BCUT2D eigenvalue weighted by molar-refractivity contribution is -0.147. The first-order valence-corrected chi connectivity index (χ1v) is 9.92. The summed E-state index contributed by atoms with van der Waals surface area (Å²) in [4.78, 5) is 60.5. The van der Waals surface area contributed by atoms with E-state index in [0.29, 0.717) is 22.9 Å². The molecule has 1 rings (SSSR count). The number of nitrogens with zero attached hydrogens (tertiary/aromatic N) is 1. The van der Waals surface area contributed by atoms with Gasteiger partial charge in [0.1, 0.15) is 6.04 Å². The predicted molar refractivity (Wildman–Crippen MR) is 107 cm³/mol. The second kappa shape index (κ2) is 13.2. The summed E-state index contributed by atoms with van der Waals surface area (Å²) in [5.41, 5.74) is 0.355. The molecule has 0 radical (unpaired) electrons. The Morgan fingerprint density at radius 1 is 1.03 bits per heavy atom. The van der Waals surface area contributed by atoms with Crippen LogP contribution in [0.2, 0.25) is 0 Å². The normalized spacial score (nSPS) is 12.3. The Morgan fingerprint density at radius 2 is 1.74 bits per heavy atom. The third-order valence-corrected chi connectivity index (χ3v) is 4.34. The van der Waals surface area contributed by atoms with E-state index < -0.39 is 42.6 Å². The van der Waals surface area contributed by atoms with Gasteiger partial charge in [0.2, 0.25) is 6.10 Å². The summed E-state index contributed by atoms with van der Waals surface area (Å²) < 4.78 is 5.39. The van der Waals surface area contributed by atoms with Crippen LogP contribution in [0.1, 0.15) is 42.5 Å². The monoisotopic (exact) mass is 501 g/mol. The molecule has 0 spiro atoms. The summed E-state index contributed by atoms with van der Waals surface area (Å²) in [7, 11) is 0. The molecule has 0 aliphatic heterocycles. The minimum Gasteiger partial charge on any atom is -0.481 e. The van der Waals surface area contributed by atoms with Crippen molar-refractivity contribution in [1.82, 2.24) is 15.6 Å². The number of rotatable bonds is 13. The molecule has 0 aliphatic rings. The third-order valence-electron chi connectivity index (χ3n) is 3.91. The minimum absolute atomic E-state index is 0.0655. The maximum absolute atomic E-state index is 12.0. The average molecular weight is 501 g/mol. The Bertz CT molecular complexity index is 818. The molecule has 0 unspecified atom stereocenters. The predicted octanol–water partition coefficient (Wildman–Crippen LogP) is 1.24. The number of alkyl carbamates (subject to hydrolysis) is 1. The molecule has 5 N–H and O–H groups in total. The average Bonchev–Trinajstić information content (AvgIpc) is 2.69. The number of carbonyl (C=O) groups is 5. The van der Waals surface area contributed by atoms with E-state index in [-0.39, 0.29) is 25.3 Å². The van der Waals surface area contributed by atoms with Crippen molar-refractivity contribution < 1.29 is 44.0 Å². The number of ether oxygens (including phenoxy) is 1. The van der Waals surface area contributed by atoms with Crippen LogP contribution in [0, 0.1) is 0 Å². The lowest BCUT2D eigenvalue weighted by atomic mass is 10.1. The van der Waals surface area contributed by atoms with Gasteiger partial charge in [-0.15, -0.1) is 0 Å². The van der Waals surface area contributed by atoms with Gasteiger partial charge in [0.05, 0.1) is 5.56 Å². The smallest absolute Gasteiger partial charge is 0.408 e. The molecule has 12 nitrogen and oxygen atoms in total. The van der Waals surface area contributed by atoms with Gasteiger partial charge >= 0.3 is 24.0 Å². The number of aliphatic carboxylic acids is 3. The maximum Gasteiger partial charge on any atom is 0.408 e. The van der Waals surface area contributed by atoms with Crippen LogP contribution in [0.25, 0.3) is 0 Å². The van der Waals surface area contributed by atoms with Crippen molar-refractivity contribution in [3.05, 3.63) is 28.5 Å². The van der Waals surface area contributed by atoms with Crippen LogP contribution < -0.4 is 10.6 Å². The molecule has 13 heteroatoms. The molecule has 170 valence electrons. The minimum atomic E-state index is -1.53. The first-order chi connectivity index (χ1) is 14.6. The molecule has 0 saturated carbocycles. The number of unbranched alkanes of at least 4 members (excludes halogenated alkanes) is 1. The van der Waals surface area contributed by atoms with Crippen molar-refractivity contribution in [3.63, 3.8) is 0 Å². The number of carboxylic acids is 3. The van der Waals surface area contributed by atoms with Crippen molar-refractivity contribution in [2.45, 2.75) is 44.2 Å². The Hall–Kier alpha value is -3.22. The number of hydrogen-bond acceptors (Lipinski definition) is 7. The number of nitrogens with one attached hydrogen (secondary N) is 2. The van der Waals surface area contributed by atoms with E-state index in [0.717, 1.165) is 0 Å². The summed E-state index contributed by atoms with van der Waals surface area (Å²) in [6.07, 6.45) is -0.131. The van der Waals surface area contributed by atoms with Gasteiger partial charge in [-0.05, 0) is 47.7 Å². The number of carboxylic acid groups (broad SMARTS) is 3. The number of aromatic nitrogens is 1. The highest BCUT2D eigenvalue weighted by molar-refractivity contribution is 9.10. The summed E-state index contributed by atoms with van der Waals surface area (Å²) in [5.74, 6) is -4.48. The van der Waals surface area contributed by atoms with E-state index >= 15 is 0 Å². The molecule has 1 heterocycles. The molecular weight excluding hydrogens is 479 g/mol. The van der Waals surface area contributed by atoms with Gasteiger partial charge < -0.3 is 30.7 Å². The summed E-state index contributed by atoms with van der Waals surface area (Å²) in [6, 6.07) is 0.0663. The lowest BCUT2D eigenvalue weighted by Gasteiger charge is -2.17. The van der Waals surface area contributed by atoms with Crippen molar-refractivity contribution in [2.24, 2.45) is 0 Å². The standard InChI is InChI=1S/C18H22BrN3O9/c19-11-7-10(8-20-9-11)15(25)21-6-2-1-3-13(17(28)29)31-18(30)22-12(16(26)27)4-5-14(23)24/h7-9,12-13H,1-6H2,(H,21,25)(H,22,30)(H,23,24)(H,26,27)(H,28,29)/t12-,13-/m0/s1/i19-3. The lowest BCUT2D eigenvalue weighted by Crippen LogP contribution is -2.43. The van der Waals surface area contributed by atoms with Crippen LogP contribution in [0.3, 0.4) is 0 Å². The Morgan fingerprint density at radius 3 is 2.32 bits per heavy atom. The second-order valence-electron chi connectivity index (χ2n) is 6.34. The zero-order chi connectivity index (χ0) is 23.4. The SMILES string of the molecule is O=C(O)CC[C@H](NC(=O)O[C@@H](CCCCNC(=O)c1cncc([77Br])c1)C(=O)O)C(=O)O. The molecule has 1 aromatic heterocycles. The van der Waals surface area contributed by atoms with Crippen LogP contribution in [0.4, 0.5) is 4.79 Å². The number of halogens is 1. The van der Waals surface area contributed by atoms with Gasteiger partial charge in [0.15, 0.2) is 0 Å². The summed E-state index contributed by atoms with van der Waals surface area (Å²) in [6.45, 7) is 0.250. The zero-order valence-corrected chi connectivity index (χ0v) is 17.8. The highest BCUT2D eigenvalue weighted by Gasteiger charge is 2.26. The van der Waals surface area contributed by atoms with Gasteiger partial charge in [0, 0.05) is 29.8 Å². The molecule has 0 aliphatic carbocycles. The fraction of sp³-hybridized carbons (Fsp3) is 0.444. The van der Waals surface area contributed by atoms with E-state index in [4.69, 9.17) is 14.9 Å². The number of amides is 2. The first kappa shape index (κ1) is 25.8. The third kappa shape index (κ3) is 10.4. The van der Waals surface area contributed by atoms with Crippen LogP contribution in [-0.2, 0) is 19.1 Å². The van der Waals surface area contributed by atoms with E-state index in [9.17, 15) is 29.1 Å². The first-order valence-electron chi connectivity index (χ1n) is 9.13. The molecule has 1 aromatic rings. The van der Waals surface area contributed by atoms with Gasteiger partial charge in [-0.3, -0.25) is 14.6 Å². The molecule has 0 bridgehead atoms. The summed E-state index contributed by atoms with van der Waals surface area (Å²) >= 11 is 3.21. The topological polar surface area (TPSA) is 192 Å². The maximum atomic E-state index is 12.0. The number of hydrogen-bond donors (Lipinski definition) is 5. The molecule has 2 amide bonds. The second-order valence-corrected chi connectivity index (χ2v) is 7.26. The van der Waals surface area contributed by atoms with Gasteiger partial charge in [-0.2, -0.15) is 0 Å². The molecule has 2 atom stereocenters. The van der Waals surface area contributed by atoms with Crippen LogP contribution in [0.5, 0.6) is 0 Å². The fourth-order valence-corrected chi connectivity index (χ4v) is 2.72. The van der Waals surface area contributed by atoms with Gasteiger partial charge in [-0.1, -0.05) is 0 Å². The van der Waals surface area contributed by atoms with Crippen LogP contribution >= 0.6 is 15.9 Å². The zero-order valence-electron chi connectivity index (χ0n) is 16.2. The Kier molecular flexibility index (Phi) is 11.0. The highest BCUT2D eigenvalue weighted by atomic mass is 76.9. The van der Waals surface area contributed by atoms with Crippen molar-refractivity contribution >= 4 is 45.8 Å². The largest absolute Gasteiger partial charge is 0.481 e. The Balaban J connectivity index is 2.42. The summed E-state index contributed by atoms with van der Waals surface area (Å²) in [5, 5.41) is 31.4. The molecule has 0 saturated heterocycles. The molecular formula is C18H22BrN3O9. The Labute approximate surface area is 185 Å². The van der Waals surface area contributed by atoms with E-state index in [1.165, 1.54) is 12.4 Å². The van der Waals surface area contributed by atoms with E-state index in [1.807, 2.05) is 5.32 Å². The van der Waals surface area contributed by atoms with Crippen LogP contribution in [-0.4, -0.2) is 68.9 Å². The number of carbonyl (C=O) groups excluding carboxylic acids is 2.